The van der Waals surface area contributed by atoms with Crippen molar-refractivity contribution in [2.24, 2.45) is 5.92 Å². The average molecular weight is 297 g/mol. The van der Waals surface area contributed by atoms with Crippen LogP contribution in [0.25, 0.3) is 5.65 Å². The Kier molecular flexibility index (Phi) is 4.12. The maximum atomic E-state index is 4.32. The number of hydrogen-bond donors (Lipinski definition) is 1. The van der Waals surface area contributed by atoms with Gasteiger partial charge in [0.15, 0.2) is 5.65 Å². The molecule has 2 aromatic heterocycles. The van der Waals surface area contributed by atoms with Crippen molar-refractivity contribution in [1.82, 2.24) is 19.7 Å². The Morgan fingerprint density at radius 1 is 1.41 bits per heavy atom. The van der Waals surface area contributed by atoms with Gasteiger partial charge < -0.3 is 5.32 Å². The summed E-state index contributed by atoms with van der Waals surface area (Å²) in [6, 6.07) is 0. The number of fused-ring (bicyclic) bond motifs is 1. The van der Waals surface area contributed by atoms with Crippen molar-refractivity contribution in [3.8, 4) is 0 Å². The molecule has 0 aliphatic rings. The quantitative estimate of drug-likeness (QED) is 0.922. The molecule has 5 heteroatoms. The fourth-order valence-electron chi connectivity index (χ4n) is 1.64. The van der Waals surface area contributed by atoms with Crippen LogP contribution >= 0.6 is 15.9 Å². The fraction of sp³-hybridized carbons (Fsp3) is 0.500. The molecule has 1 unspecified atom stereocenters. The fourth-order valence-corrected chi connectivity index (χ4v) is 1.94. The summed E-state index contributed by atoms with van der Waals surface area (Å²) in [4.78, 5) is 8.47. The standard InChI is InChI=1S/C12H17BrN4/c1-3-9(2)4-14-5-10-6-16-12-7-15-11(13)8-17(10)12/h6-9,14H,3-5H2,1-2H3. The summed E-state index contributed by atoms with van der Waals surface area (Å²) in [5.41, 5.74) is 2.04. The molecule has 4 nitrogen and oxygen atoms in total. The molecular formula is C12H17BrN4. The number of hydrogen-bond acceptors (Lipinski definition) is 3. The zero-order valence-electron chi connectivity index (χ0n) is 10.2. The number of nitrogens with one attached hydrogen (secondary N) is 1. The van der Waals surface area contributed by atoms with Crippen LogP contribution in [0.2, 0.25) is 0 Å². The molecule has 0 aromatic carbocycles. The zero-order valence-corrected chi connectivity index (χ0v) is 11.7. The van der Waals surface area contributed by atoms with Crippen LogP contribution in [0, 0.1) is 5.92 Å². The normalized spacial score (nSPS) is 13.1. The molecule has 0 amide bonds. The lowest BCUT2D eigenvalue weighted by atomic mass is 10.1. The van der Waals surface area contributed by atoms with Crippen molar-refractivity contribution in [1.29, 1.82) is 0 Å². The Morgan fingerprint density at radius 3 is 3.00 bits per heavy atom. The Morgan fingerprint density at radius 2 is 2.24 bits per heavy atom. The molecule has 0 saturated heterocycles. The first-order valence-electron chi connectivity index (χ1n) is 5.89. The smallest absolute Gasteiger partial charge is 0.155 e. The summed E-state index contributed by atoms with van der Waals surface area (Å²) in [6.45, 7) is 6.34. The van der Waals surface area contributed by atoms with Gasteiger partial charge in [-0.25, -0.2) is 9.97 Å². The number of halogens is 1. The Hall–Kier alpha value is -0.940. The first kappa shape index (κ1) is 12.5. The summed E-state index contributed by atoms with van der Waals surface area (Å²) in [5, 5.41) is 3.45. The van der Waals surface area contributed by atoms with Crippen LogP contribution in [0.15, 0.2) is 23.2 Å². The van der Waals surface area contributed by atoms with E-state index in [9.17, 15) is 0 Å². The van der Waals surface area contributed by atoms with Crippen LogP contribution < -0.4 is 5.32 Å². The van der Waals surface area contributed by atoms with Gasteiger partial charge in [-0.1, -0.05) is 20.3 Å². The van der Waals surface area contributed by atoms with Crippen molar-refractivity contribution in [2.45, 2.75) is 26.8 Å². The number of aromatic nitrogens is 3. The molecule has 0 bridgehead atoms. The molecule has 0 fully saturated rings. The number of imidazole rings is 1. The van der Waals surface area contributed by atoms with Gasteiger partial charge in [-0.05, 0) is 28.4 Å². The third-order valence-electron chi connectivity index (χ3n) is 2.94. The van der Waals surface area contributed by atoms with E-state index in [2.05, 4.69) is 49.5 Å². The van der Waals surface area contributed by atoms with E-state index in [0.29, 0.717) is 5.92 Å². The van der Waals surface area contributed by atoms with E-state index in [0.717, 1.165) is 29.0 Å². The minimum Gasteiger partial charge on any atom is -0.311 e. The Bertz CT molecular complexity index is 494. The molecule has 0 aliphatic carbocycles. The van der Waals surface area contributed by atoms with Gasteiger partial charge in [-0.15, -0.1) is 0 Å². The van der Waals surface area contributed by atoms with Crippen molar-refractivity contribution in [3.05, 3.63) is 28.9 Å². The maximum absolute atomic E-state index is 4.32. The van der Waals surface area contributed by atoms with Gasteiger partial charge in [-0.2, -0.15) is 0 Å². The summed E-state index contributed by atoms with van der Waals surface area (Å²) >= 11 is 3.37. The van der Waals surface area contributed by atoms with E-state index in [1.807, 2.05) is 12.4 Å². The second-order valence-electron chi connectivity index (χ2n) is 4.33. The molecule has 0 saturated carbocycles. The summed E-state index contributed by atoms with van der Waals surface area (Å²) in [5.74, 6) is 0.711. The molecule has 2 rings (SSSR count). The SMILES string of the molecule is CCC(C)CNCc1cnc2cnc(Br)cn12. The third-order valence-corrected chi connectivity index (χ3v) is 3.35. The first-order valence-corrected chi connectivity index (χ1v) is 6.68. The van der Waals surface area contributed by atoms with Gasteiger partial charge in [0.05, 0.1) is 18.1 Å². The van der Waals surface area contributed by atoms with Gasteiger partial charge in [0.2, 0.25) is 0 Å². The second kappa shape index (κ2) is 5.60. The lowest BCUT2D eigenvalue weighted by molar-refractivity contribution is 0.496. The molecule has 0 spiro atoms. The van der Waals surface area contributed by atoms with Crippen LogP contribution in [0.4, 0.5) is 0 Å². The lowest BCUT2D eigenvalue weighted by Crippen LogP contribution is -2.21. The first-order chi connectivity index (χ1) is 8.20. The molecular weight excluding hydrogens is 280 g/mol. The van der Waals surface area contributed by atoms with Crippen molar-refractivity contribution < 1.29 is 0 Å². The molecule has 92 valence electrons. The third kappa shape index (κ3) is 3.04. The van der Waals surface area contributed by atoms with Crippen molar-refractivity contribution in [2.75, 3.05) is 6.54 Å². The Balaban J connectivity index is 2.06. The van der Waals surface area contributed by atoms with Gasteiger partial charge >= 0.3 is 0 Å². The number of rotatable bonds is 5. The van der Waals surface area contributed by atoms with E-state index in [-0.39, 0.29) is 0 Å². The minimum absolute atomic E-state index is 0.711. The topological polar surface area (TPSA) is 42.2 Å². The second-order valence-corrected chi connectivity index (χ2v) is 5.14. The van der Waals surface area contributed by atoms with Crippen LogP contribution in [0.1, 0.15) is 26.0 Å². The monoisotopic (exact) mass is 296 g/mol. The summed E-state index contributed by atoms with van der Waals surface area (Å²) < 4.78 is 2.88. The predicted molar refractivity (Wildman–Crippen MR) is 71.8 cm³/mol. The van der Waals surface area contributed by atoms with Gasteiger partial charge in [0.25, 0.3) is 0 Å². The van der Waals surface area contributed by atoms with E-state index in [4.69, 9.17) is 0 Å². The summed E-state index contributed by atoms with van der Waals surface area (Å²) in [6.07, 6.45) is 6.81. The molecule has 2 heterocycles. The van der Waals surface area contributed by atoms with Gasteiger partial charge in [0, 0.05) is 12.7 Å². The van der Waals surface area contributed by atoms with Gasteiger partial charge in [0.1, 0.15) is 4.60 Å². The number of nitrogens with zero attached hydrogens (tertiary/aromatic N) is 3. The molecule has 0 radical (unpaired) electrons. The molecule has 2 aromatic rings. The van der Waals surface area contributed by atoms with Crippen molar-refractivity contribution in [3.63, 3.8) is 0 Å². The average Bonchev–Trinajstić information content (AvgIpc) is 2.72. The van der Waals surface area contributed by atoms with E-state index >= 15 is 0 Å². The maximum Gasteiger partial charge on any atom is 0.155 e. The van der Waals surface area contributed by atoms with Crippen LogP contribution in [0.3, 0.4) is 0 Å². The van der Waals surface area contributed by atoms with Gasteiger partial charge in [-0.3, -0.25) is 4.40 Å². The molecule has 1 N–H and O–H groups in total. The highest BCUT2D eigenvalue weighted by Gasteiger charge is 2.04. The van der Waals surface area contributed by atoms with Crippen LogP contribution in [-0.2, 0) is 6.54 Å². The van der Waals surface area contributed by atoms with E-state index < -0.39 is 0 Å². The largest absolute Gasteiger partial charge is 0.311 e. The lowest BCUT2D eigenvalue weighted by Gasteiger charge is -2.09. The van der Waals surface area contributed by atoms with E-state index in [1.54, 1.807) is 6.20 Å². The minimum atomic E-state index is 0.711. The highest BCUT2D eigenvalue weighted by atomic mass is 79.9. The van der Waals surface area contributed by atoms with Crippen LogP contribution in [-0.4, -0.2) is 20.9 Å². The van der Waals surface area contributed by atoms with Crippen molar-refractivity contribution >= 4 is 21.6 Å². The van der Waals surface area contributed by atoms with E-state index in [1.165, 1.54) is 6.42 Å². The Labute approximate surface area is 110 Å². The molecule has 0 aliphatic heterocycles. The molecule has 17 heavy (non-hydrogen) atoms. The summed E-state index contributed by atoms with van der Waals surface area (Å²) in [7, 11) is 0. The predicted octanol–water partition coefficient (Wildman–Crippen LogP) is 2.63. The van der Waals surface area contributed by atoms with Crippen LogP contribution in [0.5, 0.6) is 0 Å². The highest BCUT2D eigenvalue weighted by molar-refractivity contribution is 9.10. The zero-order chi connectivity index (χ0) is 12.3. The molecule has 1 atom stereocenters. The highest BCUT2D eigenvalue weighted by Crippen LogP contribution is 2.10.